The molecule has 0 spiro atoms. The average molecular weight is 479 g/mol. The maximum atomic E-state index is 12.9. The predicted molar refractivity (Wildman–Crippen MR) is 124 cm³/mol. The minimum Gasteiger partial charge on any atom is -0.294 e. The van der Waals surface area contributed by atoms with Crippen molar-refractivity contribution in [2.45, 2.75) is 18.4 Å². The highest BCUT2D eigenvalue weighted by Crippen LogP contribution is 2.27. The number of halogens is 2. The van der Waals surface area contributed by atoms with E-state index >= 15 is 0 Å². The van der Waals surface area contributed by atoms with E-state index in [9.17, 15) is 13.2 Å². The Morgan fingerprint density at radius 3 is 2.57 bits per heavy atom. The highest BCUT2D eigenvalue weighted by Gasteiger charge is 2.18. The van der Waals surface area contributed by atoms with Crippen molar-refractivity contribution in [3.8, 4) is 0 Å². The fourth-order valence-electron chi connectivity index (χ4n) is 3.07. The van der Waals surface area contributed by atoms with Crippen LogP contribution in [-0.2, 0) is 16.6 Å². The van der Waals surface area contributed by atoms with Gasteiger partial charge in [0.1, 0.15) is 0 Å². The molecule has 0 saturated carbocycles. The second-order valence-corrected chi connectivity index (χ2v) is 10.3. The fraction of sp³-hybridized carbons (Fsp3) is 0.0952. The third-order valence-electron chi connectivity index (χ3n) is 4.68. The van der Waals surface area contributed by atoms with Gasteiger partial charge >= 0.3 is 4.87 Å². The first-order valence-corrected chi connectivity index (χ1v) is 12.0. The molecule has 1 heterocycles. The number of anilines is 1. The number of fused-ring (bicyclic) bond motifs is 1. The summed E-state index contributed by atoms with van der Waals surface area (Å²) in [4.78, 5) is 12.4. The Labute approximate surface area is 187 Å². The summed E-state index contributed by atoms with van der Waals surface area (Å²) < 4.78 is 30.5. The Hall–Kier alpha value is -2.32. The Morgan fingerprint density at radius 1 is 1.03 bits per heavy atom. The van der Waals surface area contributed by atoms with Crippen molar-refractivity contribution in [2.75, 3.05) is 4.72 Å². The highest BCUT2D eigenvalue weighted by atomic mass is 35.5. The zero-order valence-corrected chi connectivity index (χ0v) is 18.9. The molecule has 4 rings (SSSR count). The van der Waals surface area contributed by atoms with Gasteiger partial charge in [-0.25, -0.2) is 8.42 Å². The van der Waals surface area contributed by atoms with E-state index in [2.05, 4.69) is 4.72 Å². The third kappa shape index (κ3) is 4.11. The van der Waals surface area contributed by atoms with Gasteiger partial charge in [0.05, 0.1) is 27.3 Å². The van der Waals surface area contributed by atoms with Gasteiger partial charge in [0.15, 0.2) is 0 Å². The first-order chi connectivity index (χ1) is 14.2. The normalized spacial score (nSPS) is 11.7. The van der Waals surface area contributed by atoms with Gasteiger partial charge in [-0.3, -0.25) is 14.1 Å². The third-order valence-corrected chi connectivity index (χ3v) is 7.59. The molecule has 1 aromatic heterocycles. The topological polar surface area (TPSA) is 68.2 Å². The van der Waals surface area contributed by atoms with Crippen LogP contribution in [0.1, 0.15) is 11.1 Å². The average Bonchev–Trinajstić information content (AvgIpc) is 3.01. The molecule has 4 aromatic rings. The lowest BCUT2D eigenvalue weighted by atomic mass is 10.2. The molecule has 5 nitrogen and oxygen atoms in total. The highest BCUT2D eigenvalue weighted by molar-refractivity contribution is 7.92. The van der Waals surface area contributed by atoms with Crippen molar-refractivity contribution >= 4 is 60.5 Å². The van der Waals surface area contributed by atoms with Crippen molar-refractivity contribution < 1.29 is 8.42 Å². The van der Waals surface area contributed by atoms with Gasteiger partial charge in [0.25, 0.3) is 10.0 Å². The molecule has 0 unspecified atom stereocenters. The summed E-state index contributed by atoms with van der Waals surface area (Å²) in [7, 11) is -3.85. The van der Waals surface area contributed by atoms with Crippen LogP contribution < -0.4 is 9.60 Å². The van der Waals surface area contributed by atoms with E-state index in [1.54, 1.807) is 41.8 Å². The number of thiazole rings is 1. The van der Waals surface area contributed by atoms with Crippen LogP contribution in [0, 0.1) is 6.92 Å². The minimum absolute atomic E-state index is 0.0699. The summed E-state index contributed by atoms with van der Waals surface area (Å²) in [5, 5.41) is 1.01. The molecule has 3 aromatic carbocycles. The lowest BCUT2D eigenvalue weighted by Crippen LogP contribution is -2.14. The molecule has 0 aliphatic rings. The van der Waals surface area contributed by atoms with Gasteiger partial charge in [0, 0.05) is 10.0 Å². The van der Waals surface area contributed by atoms with Gasteiger partial charge in [0.2, 0.25) is 0 Å². The van der Waals surface area contributed by atoms with Crippen LogP contribution in [0.2, 0.25) is 10.0 Å². The maximum absolute atomic E-state index is 12.9. The number of hydrogen-bond acceptors (Lipinski definition) is 4. The first kappa shape index (κ1) is 20.9. The molecular weight excluding hydrogens is 463 g/mol. The molecule has 0 amide bonds. The summed E-state index contributed by atoms with van der Waals surface area (Å²) in [6, 6.07) is 16.9. The van der Waals surface area contributed by atoms with Crippen LogP contribution in [-0.4, -0.2) is 13.0 Å². The van der Waals surface area contributed by atoms with Crippen LogP contribution in [0.25, 0.3) is 10.2 Å². The Kier molecular flexibility index (Phi) is 5.63. The molecule has 154 valence electrons. The molecule has 0 aliphatic heterocycles. The van der Waals surface area contributed by atoms with Crippen molar-refractivity contribution in [3.63, 3.8) is 0 Å². The summed E-state index contributed by atoms with van der Waals surface area (Å²) in [5.41, 5.74) is 2.63. The standard InChI is InChI=1S/C21H16Cl2N2O3S2/c1-13-6-7-15(22)10-18(13)24-30(27,28)16-8-9-19-20(11-16)29-21(26)25(19)12-14-4-2-3-5-17(14)23/h2-11,24H,12H2,1H3. The molecule has 0 radical (unpaired) electrons. The lowest BCUT2D eigenvalue weighted by Gasteiger charge is -2.11. The maximum Gasteiger partial charge on any atom is 0.308 e. The number of sulfonamides is 1. The molecule has 9 heteroatoms. The van der Waals surface area contributed by atoms with Crippen molar-refractivity contribution in [1.29, 1.82) is 0 Å². The van der Waals surface area contributed by atoms with E-state index in [0.29, 0.717) is 32.5 Å². The number of benzene rings is 3. The van der Waals surface area contributed by atoms with Crippen LogP contribution in [0.15, 0.2) is 70.4 Å². The van der Waals surface area contributed by atoms with Crippen LogP contribution in [0.5, 0.6) is 0 Å². The van der Waals surface area contributed by atoms with Gasteiger partial charge in [-0.15, -0.1) is 0 Å². The second kappa shape index (κ2) is 8.07. The number of rotatable bonds is 5. The lowest BCUT2D eigenvalue weighted by molar-refractivity contribution is 0.601. The zero-order valence-electron chi connectivity index (χ0n) is 15.7. The van der Waals surface area contributed by atoms with Crippen molar-refractivity contribution in [1.82, 2.24) is 4.57 Å². The summed E-state index contributed by atoms with van der Waals surface area (Å²) in [6.07, 6.45) is 0. The van der Waals surface area contributed by atoms with E-state index < -0.39 is 10.0 Å². The van der Waals surface area contributed by atoms with Crippen molar-refractivity contribution in [2.24, 2.45) is 0 Å². The fourth-order valence-corrected chi connectivity index (χ4v) is 5.59. The van der Waals surface area contributed by atoms with Crippen molar-refractivity contribution in [3.05, 3.63) is 91.5 Å². The molecule has 0 atom stereocenters. The first-order valence-electron chi connectivity index (χ1n) is 8.90. The number of aryl methyl sites for hydroxylation is 1. The molecular formula is C21H16Cl2N2O3S2. The number of nitrogens with zero attached hydrogens (tertiary/aromatic N) is 1. The van der Waals surface area contributed by atoms with E-state index in [0.717, 1.165) is 22.5 Å². The number of nitrogens with one attached hydrogen (secondary N) is 1. The smallest absolute Gasteiger partial charge is 0.294 e. The van der Waals surface area contributed by atoms with Gasteiger partial charge in [-0.05, 0) is 54.4 Å². The second-order valence-electron chi connectivity index (χ2n) is 6.74. The molecule has 0 bridgehead atoms. The Morgan fingerprint density at radius 2 is 1.80 bits per heavy atom. The molecule has 0 aliphatic carbocycles. The molecule has 30 heavy (non-hydrogen) atoms. The summed E-state index contributed by atoms with van der Waals surface area (Å²) in [5.74, 6) is 0. The summed E-state index contributed by atoms with van der Waals surface area (Å²) >= 11 is 13.2. The largest absolute Gasteiger partial charge is 0.308 e. The minimum atomic E-state index is -3.85. The number of hydrogen-bond donors (Lipinski definition) is 1. The predicted octanol–water partition coefficient (Wildman–Crippen LogP) is 5.53. The molecule has 1 N–H and O–H groups in total. The zero-order chi connectivity index (χ0) is 21.5. The monoisotopic (exact) mass is 478 g/mol. The number of aromatic nitrogens is 1. The Bertz CT molecular complexity index is 1430. The van der Waals surface area contributed by atoms with Gasteiger partial charge in [-0.1, -0.05) is 58.8 Å². The Balaban J connectivity index is 1.71. The SMILES string of the molecule is Cc1ccc(Cl)cc1NS(=O)(=O)c1ccc2c(c1)sc(=O)n2Cc1ccccc1Cl. The van der Waals surface area contributed by atoms with Crippen LogP contribution >= 0.6 is 34.5 Å². The van der Waals surface area contributed by atoms with Gasteiger partial charge in [-0.2, -0.15) is 0 Å². The molecule has 0 saturated heterocycles. The quantitative estimate of drug-likeness (QED) is 0.410. The van der Waals surface area contributed by atoms with E-state index in [1.165, 1.54) is 12.1 Å². The molecule has 0 fully saturated rings. The van der Waals surface area contributed by atoms with Crippen LogP contribution in [0.3, 0.4) is 0 Å². The van der Waals surface area contributed by atoms with E-state index in [4.69, 9.17) is 23.2 Å². The van der Waals surface area contributed by atoms with E-state index in [1.807, 2.05) is 18.2 Å². The summed E-state index contributed by atoms with van der Waals surface area (Å²) in [6.45, 7) is 2.10. The van der Waals surface area contributed by atoms with E-state index in [-0.39, 0.29) is 9.77 Å². The van der Waals surface area contributed by atoms with Crippen LogP contribution in [0.4, 0.5) is 5.69 Å². The van der Waals surface area contributed by atoms with Gasteiger partial charge < -0.3 is 0 Å².